The van der Waals surface area contributed by atoms with E-state index in [1.807, 2.05) is 0 Å². The van der Waals surface area contributed by atoms with Crippen molar-refractivity contribution in [3.05, 3.63) is 34.1 Å². The van der Waals surface area contributed by atoms with Crippen LogP contribution in [-0.4, -0.2) is 12.0 Å². The van der Waals surface area contributed by atoms with E-state index < -0.39 is 16.4 Å². The molecule has 0 atom stereocenters. The Morgan fingerprint density at radius 3 is 2.75 bits per heavy atom. The molecule has 0 saturated carbocycles. The zero-order chi connectivity index (χ0) is 9.14. The number of nitrogens with one attached hydrogen (secondary N) is 1. The fourth-order valence-corrected chi connectivity index (χ4v) is 0.854. The van der Waals surface area contributed by atoms with Crippen LogP contribution in [0.1, 0.15) is 0 Å². The van der Waals surface area contributed by atoms with E-state index in [2.05, 4.69) is 5.32 Å². The van der Waals surface area contributed by atoms with Gasteiger partial charge in [0.05, 0.1) is 10.6 Å². The summed E-state index contributed by atoms with van der Waals surface area (Å²) in [5, 5.41) is 12.7. The van der Waals surface area contributed by atoms with E-state index in [0.717, 1.165) is 6.07 Å². The minimum atomic E-state index is -0.829. The van der Waals surface area contributed by atoms with E-state index in [9.17, 15) is 14.5 Å². The van der Waals surface area contributed by atoms with Gasteiger partial charge < -0.3 is 5.32 Å². The van der Waals surface area contributed by atoms with Crippen molar-refractivity contribution in [3.8, 4) is 0 Å². The van der Waals surface area contributed by atoms with Crippen molar-refractivity contribution >= 4 is 11.4 Å². The van der Waals surface area contributed by atoms with E-state index >= 15 is 0 Å². The van der Waals surface area contributed by atoms with Gasteiger partial charge in [-0.3, -0.25) is 10.1 Å². The minimum Gasteiger partial charge on any atom is -0.386 e. The summed E-state index contributed by atoms with van der Waals surface area (Å²) in [4.78, 5) is 9.47. The van der Waals surface area contributed by atoms with Gasteiger partial charge in [0.25, 0.3) is 0 Å². The van der Waals surface area contributed by atoms with Gasteiger partial charge in [0.1, 0.15) is 0 Å². The van der Waals surface area contributed by atoms with Crippen LogP contribution >= 0.6 is 0 Å². The molecule has 0 amide bonds. The maximum Gasteiger partial charge on any atom is 0.306 e. The van der Waals surface area contributed by atoms with Crippen LogP contribution in [0.5, 0.6) is 0 Å². The summed E-state index contributed by atoms with van der Waals surface area (Å²) in [6.07, 6.45) is 0. The zero-order valence-corrected chi connectivity index (χ0v) is 6.37. The summed E-state index contributed by atoms with van der Waals surface area (Å²) in [5.41, 5.74) is -0.383. The van der Waals surface area contributed by atoms with Crippen LogP contribution in [-0.2, 0) is 0 Å². The lowest BCUT2D eigenvalue weighted by Gasteiger charge is -2.00. The van der Waals surface area contributed by atoms with Gasteiger partial charge in [0.15, 0.2) is 0 Å². The van der Waals surface area contributed by atoms with Gasteiger partial charge in [-0.25, -0.2) is 0 Å². The van der Waals surface area contributed by atoms with Gasteiger partial charge in [-0.2, -0.15) is 4.39 Å². The van der Waals surface area contributed by atoms with E-state index in [0.29, 0.717) is 0 Å². The molecule has 12 heavy (non-hydrogen) atoms. The third-order valence-corrected chi connectivity index (χ3v) is 1.44. The monoisotopic (exact) mass is 170 g/mol. The largest absolute Gasteiger partial charge is 0.386 e. The molecular formula is C7H7FN2O2. The first kappa shape index (κ1) is 8.45. The number of anilines is 1. The summed E-state index contributed by atoms with van der Waals surface area (Å²) in [6, 6.07) is 3.98. The predicted molar refractivity (Wildman–Crippen MR) is 42.6 cm³/mol. The topological polar surface area (TPSA) is 55.2 Å². The molecule has 0 aromatic heterocycles. The van der Waals surface area contributed by atoms with Gasteiger partial charge in [0, 0.05) is 13.1 Å². The molecule has 0 spiro atoms. The Balaban J connectivity index is 3.23. The molecule has 1 N–H and O–H groups in total. The first-order valence-electron chi connectivity index (χ1n) is 3.27. The smallest absolute Gasteiger partial charge is 0.306 e. The van der Waals surface area contributed by atoms with E-state index in [1.54, 1.807) is 0 Å². The van der Waals surface area contributed by atoms with Crippen LogP contribution in [0.4, 0.5) is 15.8 Å². The van der Waals surface area contributed by atoms with Crippen molar-refractivity contribution in [1.82, 2.24) is 0 Å². The highest BCUT2D eigenvalue weighted by Gasteiger charge is 2.15. The second-order valence-electron chi connectivity index (χ2n) is 2.15. The average Bonchev–Trinajstić information content (AvgIpc) is 2.04. The lowest BCUT2D eigenvalue weighted by atomic mass is 10.2. The number of nitro benzene ring substituents is 1. The van der Waals surface area contributed by atoms with Crippen LogP contribution in [0.2, 0.25) is 0 Å². The molecule has 64 valence electrons. The second-order valence-corrected chi connectivity index (χ2v) is 2.15. The molecule has 0 aliphatic rings. The van der Waals surface area contributed by atoms with Crippen molar-refractivity contribution in [3.63, 3.8) is 0 Å². The van der Waals surface area contributed by atoms with E-state index in [4.69, 9.17) is 0 Å². The fourth-order valence-electron chi connectivity index (χ4n) is 0.854. The van der Waals surface area contributed by atoms with Crippen LogP contribution in [0.15, 0.2) is 18.2 Å². The average molecular weight is 170 g/mol. The van der Waals surface area contributed by atoms with Crippen molar-refractivity contribution in [2.24, 2.45) is 0 Å². The molecule has 0 radical (unpaired) electrons. The number of hydrogen-bond donors (Lipinski definition) is 1. The Kier molecular flexibility index (Phi) is 2.23. The highest BCUT2D eigenvalue weighted by molar-refractivity contribution is 5.52. The number of rotatable bonds is 2. The van der Waals surface area contributed by atoms with Crippen molar-refractivity contribution < 1.29 is 9.31 Å². The SMILES string of the molecule is CNc1cccc([N+](=O)[O-])c1F. The summed E-state index contributed by atoms with van der Waals surface area (Å²) in [5.74, 6) is -0.829. The molecule has 5 heteroatoms. The Labute approximate surface area is 68.2 Å². The molecule has 0 aliphatic heterocycles. The lowest BCUT2D eigenvalue weighted by Crippen LogP contribution is -1.97. The Morgan fingerprint density at radius 2 is 2.25 bits per heavy atom. The lowest BCUT2D eigenvalue weighted by molar-refractivity contribution is -0.387. The highest BCUT2D eigenvalue weighted by Crippen LogP contribution is 2.23. The molecule has 0 bridgehead atoms. The van der Waals surface area contributed by atoms with Gasteiger partial charge in [-0.05, 0) is 6.07 Å². The number of nitrogens with zero attached hydrogens (tertiary/aromatic N) is 1. The number of halogens is 1. The maximum absolute atomic E-state index is 13.0. The Hall–Kier alpha value is -1.65. The number of nitro groups is 1. The number of hydrogen-bond acceptors (Lipinski definition) is 3. The van der Waals surface area contributed by atoms with Gasteiger partial charge in [0.2, 0.25) is 5.82 Å². The van der Waals surface area contributed by atoms with Gasteiger partial charge >= 0.3 is 5.69 Å². The quantitative estimate of drug-likeness (QED) is 0.543. The zero-order valence-electron chi connectivity index (χ0n) is 6.37. The van der Waals surface area contributed by atoms with E-state index in [-0.39, 0.29) is 5.69 Å². The summed E-state index contributed by atoms with van der Waals surface area (Å²) in [6.45, 7) is 0. The van der Waals surface area contributed by atoms with Crippen LogP contribution in [0, 0.1) is 15.9 Å². The van der Waals surface area contributed by atoms with E-state index in [1.165, 1.54) is 19.2 Å². The standard InChI is InChI=1S/C7H7FN2O2/c1-9-5-3-2-4-6(7(5)8)10(11)12/h2-4,9H,1H3. The molecule has 0 heterocycles. The molecule has 0 unspecified atom stereocenters. The Morgan fingerprint density at radius 1 is 1.58 bits per heavy atom. The molecule has 1 aromatic carbocycles. The highest BCUT2D eigenvalue weighted by atomic mass is 19.1. The van der Waals surface area contributed by atoms with Crippen LogP contribution in [0.3, 0.4) is 0 Å². The summed E-state index contributed by atoms with van der Waals surface area (Å²) >= 11 is 0. The first-order chi connectivity index (χ1) is 5.66. The molecular weight excluding hydrogens is 163 g/mol. The summed E-state index contributed by atoms with van der Waals surface area (Å²) in [7, 11) is 1.50. The van der Waals surface area contributed by atoms with Crippen molar-refractivity contribution in [2.45, 2.75) is 0 Å². The van der Waals surface area contributed by atoms with Crippen LogP contribution < -0.4 is 5.32 Å². The molecule has 4 nitrogen and oxygen atoms in total. The fraction of sp³-hybridized carbons (Fsp3) is 0.143. The molecule has 0 saturated heterocycles. The third kappa shape index (κ3) is 1.34. The predicted octanol–water partition coefficient (Wildman–Crippen LogP) is 1.78. The molecule has 1 rings (SSSR count). The van der Waals surface area contributed by atoms with Gasteiger partial charge in [-0.1, -0.05) is 6.07 Å². The normalized spacial score (nSPS) is 9.50. The van der Waals surface area contributed by atoms with Crippen molar-refractivity contribution in [1.29, 1.82) is 0 Å². The second kappa shape index (κ2) is 3.17. The van der Waals surface area contributed by atoms with Crippen LogP contribution in [0.25, 0.3) is 0 Å². The third-order valence-electron chi connectivity index (χ3n) is 1.44. The molecule has 0 fully saturated rings. The van der Waals surface area contributed by atoms with Crippen molar-refractivity contribution in [2.75, 3.05) is 12.4 Å². The minimum absolute atomic E-state index is 0.129. The molecule has 0 aliphatic carbocycles. The number of benzene rings is 1. The van der Waals surface area contributed by atoms with Gasteiger partial charge in [-0.15, -0.1) is 0 Å². The summed E-state index contributed by atoms with van der Waals surface area (Å²) < 4.78 is 13.0. The Bertz CT molecular complexity index is 314. The first-order valence-corrected chi connectivity index (χ1v) is 3.27. The molecule has 1 aromatic rings. The maximum atomic E-state index is 13.0.